The number of halogens is 1. The molecule has 0 aliphatic rings. The molecule has 5 heteroatoms. The molecule has 0 saturated carbocycles. The number of hydrogen-bond acceptors (Lipinski definition) is 2. The zero-order valence-electron chi connectivity index (χ0n) is 10.1. The van der Waals surface area contributed by atoms with Crippen molar-refractivity contribution in [2.75, 3.05) is 0 Å². The molecule has 0 saturated heterocycles. The van der Waals surface area contributed by atoms with E-state index < -0.39 is 11.9 Å². The predicted octanol–water partition coefficient (Wildman–Crippen LogP) is 3.23. The van der Waals surface area contributed by atoms with E-state index in [1.807, 2.05) is 25.1 Å². The van der Waals surface area contributed by atoms with Gasteiger partial charge in [-0.25, -0.2) is 4.98 Å². The molecule has 0 aliphatic heterocycles. The van der Waals surface area contributed by atoms with E-state index in [9.17, 15) is 4.79 Å². The molecule has 0 spiro atoms. The Morgan fingerprint density at radius 2 is 2.11 bits per heavy atom. The second kappa shape index (κ2) is 4.82. The first-order valence-corrected chi connectivity index (χ1v) is 5.92. The molecule has 0 fully saturated rings. The van der Waals surface area contributed by atoms with Crippen LogP contribution in [-0.2, 0) is 4.79 Å². The second-order valence-corrected chi connectivity index (χ2v) is 4.54. The minimum Gasteiger partial charge on any atom is -0.481 e. The van der Waals surface area contributed by atoms with Gasteiger partial charge in [0.2, 0.25) is 0 Å². The van der Waals surface area contributed by atoms with Crippen molar-refractivity contribution in [2.24, 2.45) is 0 Å². The van der Waals surface area contributed by atoms with Crippen LogP contribution in [0.2, 0.25) is 5.02 Å². The summed E-state index contributed by atoms with van der Waals surface area (Å²) in [6.45, 7) is 3.45. The van der Waals surface area contributed by atoms with E-state index in [1.165, 1.54) is 0 Å². The number of aromatic amines is 1. The van der Waals surface area contributed by atoms with E-state index in [4.69, 9.17) is 16.7 Å². The van der Waals surface area contributed by atoms with Crippen LogP contribution >= 0.6 is 11.6 Å². The summed E-state index contributed by atoms with van der Waals surface area (Å²) in [5.74, 6) is -1.13. The quantitative estimate of drug-likeness (QED) is 0.894. The molecule has 2 aromatic rings. The van der Waals surface area contributed by atoms with Crippen molar-refractivity contribution in [3.8, 4) is 11.3 Å². The Kier molecular flexibility index (Phi) is 3.39. The lowest BCUT2D eigenvalue weighted by molar-refractivity contribution is -0.138. The first kappa shape index (κ1) is 12.6. The highest BCUT2D eigenvalue weighted by Gasteiger charge is 2.20. The number of nitrogens with one attached hydrogen (secondary N) is 1. The first-order valence-electron chi connectivity index (χ1n) is 5.55. The molecule has 1 unspecified atom stereocenters. The molecule has 2 N–H and O–H groups in total. The van der Waals surface area contributed by atoms with Gasteiger partial charge in [0.25, 0.3) is 0 Å². The van der Waals surface area contributed by atoms with Crippen LogP contribution in [0.25, 0.3) is 11.3 Å². The number of imidazole rings is 1. The summed E-state index contributed by atoms with van der Waals surface area (Å²) in [7, 11) is 0. The van der Waals surface area contributed by atoms with Crippen molar-refractivity contribution in [1.82, 2.24) is 9.97 Å². The molecule has 1 aromatic carbocycles. The van der Waals surface area contributed by atoms with Gasteiger partial charge in [0.05, 0.1) is 10.7 Å². The highest BCUT2D eigenvalue weighted by atomic mass is 35.5. The maximum Gasteiger partial charge on any atom is 0.313 e. The lowest BCUT2D eigenvalue weighted by Gasteiger charge is -2.01. The zero-order valence-corrected chi connectivity index (χ0v) is 10.8. The zero-order chi connectivity index (χ0) is 13.3. The standard InChI is InChI=1S/C13H13ClN2O2/c1-7(13(17)18)12-15-8(2)11(16-12)9-5-3-4-6-10(9)14/h3-7H,1-2H3,(H,15,16)(H,17,18). The van der Waals surface area contributed by atoms with Gasteiger partial charge in [0.1, 0.15) is 11.7 Å². The predicted molar refractivity (Wildman–Crippen MR) is 69.8 cm³/mol. The van der Waals surface area contributed by atoms with Gasteiger partial charge < -0.3 is 10.1 Å². The fraction of sp³-hybridized carbons (Fsp3) is 0.231. The molecular weight excluding hydrogens is 252 g/mol. The summed E-state index contributed by atoms with van der Waals surface area (Å²) in [5.41, 5.74) is 2.31. The Hall–Kier alpha value is -1.81. The Balaban J connectivity index is 2.48. The van der Waals surface area contributed by atoms with Crippen LogP contribution in [0.5, 0.6) is 0 Å². The number of rotatable bonds is 3. The van der Waals surface area contributed by atoms with E-state index in [0.717, 1.165) is 11.3 Å². The molecule has 0 radical (unpaired) electrons. The van der Waals surface area contributed by atoms with Crippen LogP contribution in [0.3, 0.4) is 0 Å². The highest BCUT2D eigenvalue weighted by molar-refractivity contribution is 6.33. The third kappa shape index (κ3) is 2.24. The van der Waals surface area contributed by atoms with E-state index in [2.05, 4.69) is 9.97 Å². The SMILES string of the molecule is Cc1[nH]c(C(C)C(=O)O)nc1-c1ccccc1Cl. The minimum atomic E-state index is -0.908. The van der Waals surface area contributed by atoms with Crippen molar-refractivity contribution in [3.63, 3.8) is 0 Å². The average Bonchev–Trinajstić information content (AvgIpc) is 2.71. The molecule has 1 atom stereocenters. The van der Waals surface area contributed by atoms with Gasteiger partial charge in [-0.2, -0.15) is 0 Å². The van der Waals surface area contributed by atoms with Gasteiger partial charge in [0.15, 0.2) is 0 Å². The largest absolute Gasteiger partial charge is 0.481 e. The first-order chi connectivity index (χ1) is 8.50. The fourth-order valence-electron chi connectivity index (χ4n) is 1.72. The summed E-state index contributed by atoms with van der Waals surface area (Å²) >= 11 is 6.11. The number of nitrogens with zero attached hydrogens (tertiary/aromatic N) is 1. The van der Waals surface area contributed by atoms with Crippen LogP contribution in [-0.4, -0.2) is 21.0 Å². The summed E-state index contributed by atoms with van der Waals surface area (Å²) in [6, 6.07) is 7.36. The smallest absolute Gasteiger partial charge is 0.313 e. The number of aliphatic carboxylic acids is 1. The van der Waals surface area contributed by atoms with Gasteiger partial charge in [-0.3, -0.25) is 4.79 Å². The van der Waals surface area contributed by atoms with Crippen molar-refractivity contribution in [1.29, 1.82) is 0 Å². The maximum atomic E-state index is 10.9. The van der Waals surface area contributed by atoms with Crippen LogP contribution < -0.4 is 0 Å². The summed E-state index contributed by atoms with van der Waals surface area (Å²) in [4.78, 5) is 18.3. The Labute approximate surface area is 110 Å². The van der Waals surface area contributed by atoms with Crippen molar-refractivity contribution in [2.45, 2.75) is 19.8 Å². The summed E-state index contributed by atoms with van der Waals surface area (Å²) in [5, 5.41) is 9.57. The fourth-order valence-corrected chi connectivity index (χ4v) is 1.95. The van der Waals surface area contributed by atoms with E-state index in [0.29, 0.717) is 16.5 Å². The number of carboxylic acids is 1. The van der Waals surface area contributed by atoms with Crippen LogP contribution in [0, 0.1) is 6.92 Å². The number of benzene rings is 1. The molecule has 1 aromatic heterocycles. The van der Waals surface area contributed by atoms with Gasteiger partial charge in [-0.15, -0.1) is 0 Å². The van der Waals surface area contributed by atoms with E-state index >= 15 is 0 Å². The average molecular weight is 265 g/mol. The van der Waals surface area contributed by atoms with Crippen LogP contribution in [0.4, 0.5) is 0 Å². The van der Waals surface area contributed by atoms with Crippen molar-refractivity contribution < 1.29 is 9.90 Å². The number of carboxylic acid groups (broad SMARTS) is 1. The number of H-pyrrole nitrogens is 1. The maximum absolute atomic E-state index is 10.9. The highest BCUT2D eigenvalue weighted by Crippen LogP contribution is 2.29. The molecule has 1 heterocycles. The molecule has 2 rings (SSSR count). The topological polar surface area (TPSA) is 66.0 Å². The Bertz CT molecular complexity index is 592. The number of aromatic nitrogens is 2. The molecule has 94 valence electrons. The molecule has 18 heavy (non-hydrogen) atoms. The lowest BCUT2D eigenvalue weighted by Crippen LogP contribution is -2.08. The summed E-state index contributed by atoms with van der Waals surface area (Å²) in [6.07, 6.45) is 0. The van der Waals surface area contributed by atoms with Gasteiger partial charge in [0, 0.05) is 11.3 Å². The van der Waals surface area contributed by atoms with Crippen molar-refractivity contribution >= 4 is 17.6 Å². The van der Waals surface area contributed by atoms with Gasteiger partial charge in [-0.1, -0.05) is 29.8 Å². The van der Waals surface area contributed by atoms with Gasteiger partial charge >= 0.3 is 5.97 Å². The molecule has 0 bridgehead atoms. The molecule has 0 aliphatic carbocycles. The Morgan fingerprint density at radius 1 is 1.44 bits per heavy atom. The molecule has 4 nitrogen and oxygen atoms in total. The van der Waals surface area contributed by atoms with Gasteiger partial charge in [-0.05, 0) is 19.9 Å². The third-order valence-electron chi connectivity index (χ3n) is 2.81. The van der Waals surface area contributed by atoms with E-state index in [1.54, 1.807) is 13.0 Å². The summed E-state index contributed by atoms with van der Waals surface area (Å²) < 4.78 is 0. The minimum absolute atomic E-state index is 0.440. The number of aryl methyl sites for hydroxylation is 1. The number of carbonyl (C=O) groups is 1. The Morgan fingerprint density at radius 3 is 2.72 bits per heavy atom. The van der Waals surface area contributed by atoms with Crippen LogP contribution in [0.1, 0.15) is 24.4 Å². The van der Waals surface area contributed by atoms with E-state index in [-0.39, 0.29) is 0 Å². The second-order valence-electron chi connectivity index (χ2n) is 4.14. The van der Waals surface area contributed by atoms with Crippen LogP contribution in [0.15, 0.2) is 24.3 Å². The lowest BCUT2D eigenvalue weighted by atomic mass is 10.1. The third-order valence-corrected chi connectivity index (χ3v) is 3.14. The molecular formula is C13H13ClN2O2. The van der Waals surface area contributed by atoms with Crippen molar-refractivity contribution in [3.05, 3.63) is 40.8 Å². The normalized spacial score (nSPS) is 12.4. The monoisotopic (exact) mass is 264 g/mol. The molecule has 0 amide bonds. The number of hydrogen-bond donors (Lipinski definition) is 2.